The predicted molar refractivity (Wildman–Crippen MR) is 86.5 cm³/mol. The van der Waals surface area contributed by atoms with Crippen molar-refractivity contribution in [3.63, 3.8) is 0 Å². The van der Waals surface area contributed by atoms with E-state index in [9.17, 15) is 9.59 Å². The van der Waals surface area contributed by atoms with Gasteiger partial charge in [0.25, 0.3) is 0 Å². The monoisotopic (exact) mass is 313 g/mol. The standard InChI is InChI=1S/C18H19NO4/c1-13(17(20)15-9-6-10-16(11-15)22-2)19-18(21)23-12-14-7-4-3-5-8-14/h3-11,13H,12H2,1-2H3,(H,19,21)/t13-/m0/s1. The Morgan fingerprint density at radius 3 is 2.52 bits per heavy atom. The zero-order valence-electron chi connectivity index (χ0n) is 13.1. The van der Waals surface area contributed by atoms with Gasteiger partial charge in [-0.15, -0.1) is 0 Å². The first-order valence-electron chi connectivity index (χ1n) is 7.25. The van der Waals surface area contributed by atoms with Crippen LogP contribution in [0, 0.1) is 0 Å². The normalized spacial score (nSPS) is 11.4. The van der Waals surface area contributed by atoms with Crippen LogP contribution in [0.3, 0.4) is 0 Å². The number of carbonyl (C=O) groups is 2. The zero-order valence-corrected chi connectivity index (χ0v) is 13.1. The number of hydrogen-bond acceptors (Lipinski definition) is 4. The van der Waals surface area contributed by atoms with Crippen molar-refractivity contribution < 1.29 is 19.1 Å². The van der Waals surface area contributed by atoms with E-state index in [1.165, 1.54) is 7.11 Å². The van der Waals surface area contributed by atoms with E-state index in [2.05, 4.69) is 5.32 Å². The Kier molecular flexibility index (Phi) is 5.74. The summed E-state index contributed by atoms with van der Waals surface area (Å²) in [6.07, 6.45) is -0.627. The molecule has 120 valence electrons. The smallest absolute Gasteiger partial charge is 0.408 e. The van der Waals surface area contributed by atoms with E-state index in [1.54, 1.807) is 31.2 Å². The summed E-state index contributed by atoms with van der Waals surface area (Å²) in [6, 6.07) is 15.4. The summed E-state index contributed by atoms with van der Waals surface area (Å²) in [5, 5.41) is 2.53. The fraction of sp³-hybridized carbons (Fsp3) is 0.222. The van der Waals surface area contributed by atoms with Gasteiger partial charge in [0, 0.05) is 5.56 Å². The number of amides is 1. The number of rotatable bonds is 6. The van der Waals surface area contributed by atoms with Crippen molar-refractivity contribution in [3.05, 3.63) is 65.7 Å². The molecule has 2 aromatic rings. The van der Waals surface area contributed by atoms with E-state index in [0.717, 1.165) is 5.56 Å². The van der Waals surface area contributed by atoms with E-state index >= 15 is 0 Å². The lowest BCUT2D eigenvalue weighted by Gasteiger charge is -2.13. The summed E-state index contributed by atoms with van der Waals surface area (Å²) < 4.78 is 10.2. The summed E-state index contributed by atoms with van der Waals surface area (Å²) in [4.78, 5) is 24.1. The molecular formula is C18H19NO4. The third-order valence-electron chi connectivity index (χ3n) is 3.29. The third kappa shape index (κ3) is 4.85. The molecule has 0 heterocycles. The average Bonchev–Trinajstić information content (AvgIpc) is 2.60. The van der Waals surface area contributed by atoms with Crippen LogP contribution in [-0.2, 0) is 11.3 Å². The number of methoxy groups -OCH3 is 1. The van der Waals surface area contributed by atoms with E-state index in [4.69, 9.17) is 9.47 Å². The molecule has 0 aliphatic rings. The minimum absolute atomic E-state index is 0.159. The molecule has 1 amide bonds. The SMILES string of the molecule is COc1cccc(C(=O)[C@H](C)NC(=O)OCc2ccccc2)c1. The molecule has 0 fully saturated rings. The molecule has 0 bridgehead atoms. The van der Waals surface area contributed by atoms with Gasteiger partial charge in [0.15, 0.2) is 5.78 Å². The highest BCUT2D eigenvalue weighted by Crippen LogP contribution is 2.14. The van der Waals surface area contributed by atoms with Gasteiger partial charge in [-0.25, -0.2) is 4.79 Å². The van der Waals surface area contributed by atoms with Crippen molar-refractivity contribution >= 4 is 11.9 Å². The Morgan fingerprint density at radius 1 is 1.09 bits per heavy atom. The van der Waals surface area contributed by atoms with Gasteiger partial charge in [-0.3, -0.25) is 4.79 Å². The first-order valence-corrected chi connectivity index (χ1v) is 7.25. The van der Waals surface area contributed by atoms with Gasteiger partial charge >= 0.3 is 6.09 Å². The fourth-order valence-electron chi connectivity index (χ4n) is 2.03. The Balaban J connectivity index is 1.88. The van der Waals surface area contributed by atoms with Crippen LogP contribution in [0.1, 0.15) is 22.8 Å². The second-order valence-electron chi connectivity index (χ2n) is 5.02. The van der Waals surface area contributed by atoms with Crippen molar-refractivity contribution in [1.82, 2.24) is 5.32 Å². The number of ketones is 1. The maximum atomic E-state index is 12.3. The second-order valence-corrected chi connectivity index (χ2v) is 5.02. The van der Waals surface area contributed by atoms with Gasteiger partial charge in [0.2, 0.25) is 0 Å². The number of alkyl carbamates (subject to hydrolysis) is 1. The Labute approximate surface area is 135 Å². The molecule has 23 heavy (non-hydrogen) atoms. The van der Waals surface area contributed by atoms with Crippen LogP contribution in [0.15, 0.2) is 54.6 Å². The molecule has 0 radical (unpaired) electrons. The Bertz CT molecular complexity index is 670. The van der Waals surface area contributed by atoms with Gasteiger partial charge in [-0.1, -0.05) is 42.5 Å². The molecule has 0 saturated heterocycles. The van der Waals surface area contributed by atoms with Crippen LogP contribution in [0.25, 0.3) is 0 Å². The Hall–Kier alpha value is -2.82. The lowest BCUT2D eigenvalue weighted by atomic mass is 10.1. The van der Waals surface area contributed by atoms with Crippen molar-refractivity contribution in [1.29, 1.82) is 0 Å². The number of hydrogen-bond donors (Lipinski definition) is 1. The summed E-state index contributed by atoms with van der Waals surface area (Å²) in [5.74, 6) is 0.385. The predicted octanol–water partition coefficient (Wildman–Crippen LogP) is 3.19. The van der Waals surface area contributed by atoms with E-state index in [0.29, 0.717) is 11.3 Å². The van der Waals surface area contributed by atoms with Gasteiger partial charge in [-0.05, 0) is 24.6 Å². The highest BCUT2D eigenvalue weighted by molar-refractivity contribution is 6.01. The first kappa shape index (κ1) is 16.5. The zero-order chi connectivity index (χ0) is 16.7. The Morgan fingerprint density at radius 2 is 1.83 bits per heavy atom. The molecule has 0 aliphatic heterocycles. The lowest BCUT2D eigenvalue weighted by Crippen LogP contribution is -2.38. The van der Waals surface area contributed by atoms with E-state index < -0.39 is 12.1 Å². The maximum absolute atomic E-state index is 12.3. The minimum Gasteiger partial charge on any atom is -0.497 e. The molecule has 0 spiro atoms. The molecule has 0 aliphatic carbocycles. The van der Waals surface area contributed by atoms with Crippen molar-refractivity contribution in [3.8, 4) is 5.75 Å². The molecule has 0 unspecified atom stereocenters. The van der Waals surface area contributed by atoms with Crippen LogP contribution >= 0.6 is 0 Å². The van der Waals surface area contributed by atoms with Gasteiger partial charge in [-0.2, -0.15) is 0 Å². The number of nitrogens with one attached hydrogen (secondary N) is 1. The summed E-state index contributed by atoms with van der Waals surface area (Å²) >= 11 is 0. The van der Waals surface area contributed by atoms with Crippen LogP contribution in [0.4, 0.5) is 4.79 Å². The molecule has 1 atom stereocenters. The van der Waals surface area contributed by atoms with Gasteiger partial charge in [0.1, 0.15) is 12.4 Å². The van der Waals surface area contributed by atoms with E-state index in [-0.39, 0.29) is 12.4 Å². The largest absolute Gasteiger partial charge is 0.497 e. The van der Waals surface area contributed by atoms with E-state index in [1.807, 2.05) is 30.3 Å². The summed E-state index contributed by atoms with van der Waals surface area (Å²) in [7, 11) is 1.53. The van der Waals surface area contributed by atoms with Crippen LogP contribution < -0.4 is 10.1 Å². The lowest BCUT2D eigenvalue weighted by molar-refractivity contribution is 0.0926. The minimum atomic E-state index is -0.689. The molecule has 2 rings (SSSR count). The van der Waals surface area contributed by atoms with Crippen LogP contribution in [0.5, 0.6) is 5.75 Å². The number of benzene rings is 2. The van der Waals surface area contributed by atoms with Crippen LogP contribution in [0.2, 0.25) is 0 Å². The number of ether oxygens (including phenoxy) is 2. The summed E-state index contributed by atoms with van der Waals surface area (Å²) in [6.45, 7) is 1.78. The quantitative estimate of drug-likeness (QED) is 0.832. The molecule has 2 aromatic carbocycles. The van der Waals surface area contributed by atoms with Crippen molar-refractivity contribution in [2.24, 2.45) is 0 Å². The molecule has 5 nitrogen and oxygen atoms in total. The molecule has 5 heteroatoms. The number of Topliss-reactive ketones (excluding diaryl/α,β-unsaturated/α-hetero) is 1. The van der Waals surface area contributed by atoms with Gasteiger partial charge < -0.3 is 14.8 Å². The molecule has 0 saturated carbocycles. The number of carbonyl (C=O) groups excluding carboxylic acids is 2. The molecule has 0 aromatic heterocycles. The highest BCUT2D eigenvalue weighted by atomic mass is 16.5. The summed E-state index contributed by atoms with van der Waals surface area (Å²) in [5.41, 5.74) is 1.36. The molecule has 1 N–H and O–H groups in total. The average molecular weight is 313 g/mol. The van der Waals surface area contributed by atoms with Crippen LogP contribution in [-0.4, -0.2) is 25.0 Å². The molecular weight excluding hydrogens is 294 g/mol. The maximum Gasteiger partial charge on any atom is 0.408 e. The van der Waals surface area contributed by atoms with Crippen molar-refractivity contribution in [2.45, 2.75) is 19.6 Å². The first-order chi connectivity index (χ1) is 11.1. The van der Waals surface area contributed by atoms with Crippen molar-refractivity contribution in [2.75, 3.05) is 7.11 Å². The highest BCUT2D eigenvalue weighted by Gasteiger charge is 2.18. The second kappa shape index (κ2) is 7.98. The van der Waals surface area contributed by atoms with Gasteiger partial charge in [0.05, 0.1) is 13.2 Å². The fourth-order valence-corrected chi connectivity index (χ4v) is 2.03. The third-order valence-corrected chi connectivity index (χ3v) is 3.29. The topological polar surface area (TPSA) is 64.6 Å².